The molecule has 2 aliphatic carbocycles. The Bertz CT molecular complexity index is 325. The molecule has 2 fully saturated rings. The lowest BCUT2D eigenvalue weighted by atomic mass is 9.47. The third-order valence-electron chi connectivity index (χ3n) is 6.01. The van der Waals surface area contributed by atoms with Crippen LogP contribution in [-0.2, 0) is 0 Å². The van der Waals surface area contributed by atoms with Crippen LogP contribution in [0, 0.1) is 22.7 Å². The van der Waals surface area contributed by atoms with Crippen LogP contribution < -0.4 is 0 Å². The molecule has 2 N–H and O–H groups in total. The van der Waals surface area contributed by atoms with Gasteiger partial charge >= 0.3 is 0 Å². The maximum Gasteiger partial charge on any atom is 0.0618 e. The van der Waals surface area contributed by atoms with Gasteiger partial charge in [-0.15, -0.1) is 0 Å². The second-order valence-corrected chi connectivity index (χ2v) is 6.70. The van der Waals surface area contributed by atoms with E-state index in [-0.39, 0.29) is 23.5 Å². The Hall–Kier alpha value is -0.340. The van der Waals surface area contributed by atoms with Gasteiger partial charge in [-0.3, -0.25) is 0 Å². The van der Waals surface area contributed by atoms with Crippen molar-refractivity contribution in [1.29, 1.82) is 0 Å². The van der Waals surface area contributed by atoms with Crippen molar-refractivity contribution in [2.45, 2.75) is 52.6 Å². The van der Waals surface area contributed by atoms with Crippen LogP contribution in [0.5, 0.6) is 0 Å². The van der Waals surface area contributed by atoms with Gasteiger partial charge in [-0.05, 0) is 42.9 Å². The van der Waals surface area contributed by atoms with Gasteiger partial charge in [-0.2, -0.15) is 0 Å². The molecule has 0 radical (unpaired) electrons. The quantitative estimate of drug-likeness (QED) is 0.690. The first-order valence-corrected chi connectivity index (χ1v) is 6.83. The summed E-state index contributed by atoms with van der Waals surface area (Å²) in [5.41, 5.74) is 1.22. The smallest absolute Gasteiger partial charge is 0.0618 e. The number of hydrogen-bond donors (Lipinski definition) is 2. The van der Waals surface area contributed by atoms with E-state index in [1.165, 1.54) is 5.57 Å². The molecule has 2 rings (SSSR count). The molecule has 0 aromatic carbocycles. The lowest BCUT2D eigenvalue weighted by molar-refractivity contribution is -0.149. The summed E-state index contributed by atoms with van der Waals surface area (Å²) in [6, 6.07) is 0. The second-order valence-electron chi connectivity index (χ2n) is 6.70. The fraction of sp³-hybridized carbons (Fsp3) is 0.867. The summed E-state index contributed by atoms with van der Waals surface area (Å²) in [5, 5.41) is 20.0. The molecule has 0 bridgehead atoms. The molecule has 0 saturated heterocycles. The summed E-state index contributed by atoms with van der Waals surface area (Å²) in [6.07, 6.45) is 3.61. The van der Waals surface area contributed by atoms with Gasteiger partial charge in [0, 0.05) is 5.41 Å². The molecule has 0 aliphatic heterocycles. The van der Waals surface area contributed by atoms with Gasteiger partial charge in [-0.25, -0.2) is 0 Å². The number of aliphatic hydroxyl groups is 2. The van der Waals surface area contributed by atoms with E-state index >= 15 is 0 Å². The van der Waals surface area contributed by atoms with Crippen LogP contribution >= 0.6 is 0 Å². The van der Waals surface area contributed by atoms with Crippen LogP contribution in [0.1, 0.15) is 46.5 Å². The van der Waals surface area contributed by atoms with Gasteiger partial charge in [0.2, 0.25) is 0 Å². The summed E-state index contributed by atoms with van der Waals surface area (Å²) in [7, 11) is 0. The van der Waals surface area contributed by atoms with Crippen molar-refractivity contribution in [3.8, 4) is 0 Å². The van der Waals surface area contributed by atoms with Gasteiger partial charge in [0.25, 0.3) is 0 Å². The fourth-order valence-corrected chi connectivity index (χ4v) is 4.34. The van der Waals surface area contributed by atoms with Crippen LogP contribution in [-0.4, -0.2) is 22.9 Å². The minimum absolute atomic E-state index is 0.0909. The van der Waals surface area contributed by atoms with E-state index in [0.717, 1.165) is 25.7 Å². The molecule has 5 atom stereocenters. The van der Waals surface area contributed by atoms with E-state index in [0.29, 0.717) is 11.8 Å². The van der Waals surface area contributed by atoms with E-state index in [9.17, 15) is 10.2 Å². The van der Waals surface area contributed by atoms with Crippen LogP contribution in [0.2, 0.25) is 0 Å². The average molecular weight is 238 g/mol. The van der Waals surface area contributed by atoms with Gasteiger partial charge in [0.05, 0.1) is 12.7 Å². The van der Waals surface area contributed by atoms with Crippen LogP contribution in [0.4, 0.5) is 0 Å². The largest absolute Gasteiger partial charge is 0.396 e. The van der Waals surface area contributed by atoms with Crippen LogP contribution in [0.3, 0.4) is 0 Å². The summed E-state index contributed by atoms with van der Waals surface area (Å²) >= 11 is 0. The first kappa shape index (κ1) is 13.1. The Labute approximate surface area is 105 Å². The van der Waals surface area contributed by atoms with Crippen LogP contribution in [0.25, 0.3) is 0 Å². The van der Waals surface area contributed by atoms with Gasteiger partial charge in [0.15, 0.2) is 0 Å². The molecule has 0 amide bonds. The maximum atomic E-state index is 10.3. The third kappa shape index (κ3) is 1.68. The molecule has 0 spiro atoms. The van der Waals surface area contributed by atoms with E-state index in [4.69, 9.17) is 0 Å². The number of rotatable bonds is 1. The van der Waals surface area contributed by atoms with Crippen molar-refractivity contribution < 1.29 is 10.2 Å². The predicted octanol–water partition coefficient (Wildman–Crippen LogP) is 2.75. The van der Waals surface area contributed by atoms with Crippen molar-refractivity contribution in [3.63, 3.8) is 0 Å². The molecule has 98 valence electrons. The highest BCUT2D eigenvalue weighted by Gasteiger charge is 2.56. The molecular weight excluding hydrogens is 212 g/mol. The van der Waals surface area contributed by atoms with E-state index in [1.54, 1.807) is 0 Å². The average Bonchev–Trinajstić information content (AvgIpc) is 2.31. The maximum absolute atomic E-state index is 10.3. The summed E-state index contributed by atoms with van der Waals surface area (Å²) in [6.45, 7) is 10.9. The Morgan fingerprint density at radius 2 is 2.00 bits per heavy atom. The second kappa shape index (κ2) is 4.10. The topological polar surface area (TPSA) is 40.5 Å². The minimum atomic E-state index is -0.357. The minimum Gasteiger partial charge on any atom is -0.396 e. The van der Waals surface area contributed by atoms with Crippen LogP contribution in [0.15, 0.2) is 12.2 Å². The van der Waals surface area contributed by atoms with Gasteiger partial charge in [0.1, 0.15) is 0 Å². The lowest BCUT2D eigenvalue weighted by Gasteiger charge is -2.59. The summed E-state index contributed by atoms with van der Waals surface area (Å²) in [5.74, 6) is 0.906. The fourth-order valence-electron chi connectivity index (χ4n) is 4.34. The van der Waals surface area contributed by atoms with Crippen molar-refractivity contribution in [1.82, 2.24) is 0 Å². The third-order valence-corrected chi connectivity index (χ3v) is 6.01. The highest BCUT2D eigenvalue weighted by molar-refractivity contribution is 5.16. The van der Waals surface area contributed by atoms with E-state index < -0.39 is 0 Å². The van der Waals surface area contributed by atoms with Crippen molar-refractivity contribution >= 4 is 0 Å². The van der Waals surface area contributed by atoms with Crippen molar-refractivity contribution in [2.75, 3.05) is 6.61 Å². The molecule has 1 unspecified atom stereocenters. The van der Waals surface area contributed by atoms with Gasteiger partial charge < -0.3 is 10.2 Å². The first-order chi connectivity index (χ1) is 7.86. The highest BCUT2D eigenvalue weighted by Crippen LogP contribution is 2.60. The van der Waals surface area contributed by atoms with Crippen molar-refractivity contribution in [2.24, 2.45) is 22.7 Å². The Kier molecular flexibility index (Phi) is 3.16. The molecule has 0 heterocycles. The van der Waals surface area contributed by atoms with E-state index in [1.807, 2.05) is 0 Å². The number of aliphatic hydroxyl groups excluding tert-OH is 2. The Morgan fingerprint density at radius 3 is 2.59 bits per heavy atom. The number of fused-ring (bicyclic) bond motifs is 1. The standard InChI is InChI=1S/C15H26O2/c1-10-5-6-12-14(3,11(10)2)8-7-13(17)15(12,4)9-16/h11-13,16-17H,1,5-9H2,2-4H3/t11?,12-,13+,14-,15-/m0/s1. The molecular formula is C15H26O2. The van der Waals surface area contributed by atoms with Crippen molar-refractivity contribution in [3.05, 3.63) is 12.2 Å². The van der Waals surface area contributed by atoms with Gasteiger partial charge in [-0.1, -0.05) is 32.9 Å². The SMILES string of the molecule is C=C1CC[C@@H]2[C@](C)(CO)[C@H](O)CC[C@@]2(C)C1C. The summed E-state index contributed by atoms with van der Waals surface area (Å²) in [4.78, 5) is 0. The first-order valence-electron chi connectivity index (χ1n) is 6.83. The molecule has 17 heavy (non-hydrogen) atoms. The normalized spacial score (nSPS) is 51.1. The lowest BCUT2D eigenvalue weighted by Crippen LogP contribution is -2.56. The number of allylic oxidation sites excluding steroid dienone is 1. The Morgan fingerprint density at radius 1 is 1.35 bits per heavy atom. The zero-order chi connectivity index (χ0) is 12.8. The highest BCUT2D eigenvalue weighted by atomic mass is 16.3. The zero-order valence-electron chi connectivity index (χ0n) is 11.4. The zero-order valence-corrected chi connectivity index (χ0v) is 11.4. The molecule has 2 nitrogen and oxygen atoms in total. The molecule has 2 saturated carbocycles. The number of hydrogen-bond acceptors (Lipinski definition) is 2. The molecule has 2 aliphatic rings. The van der Waals surface area contributed by atoms with E-state index in [2.05, 4.69) is 27.4 Å². The molecule has 0 aromatic rings. The monoisotopic (exact) mass is 238 g/mol. The summed E-state index contributed by atoms with van der Waals surface area (Å²) < 4.78 is 0. The Balaban J connectivity index is 2.38. The predicted molar refractivity (Wildman–Crippen MR) is 69.6 cm³/mol. The molecule has 2 heteroatoms. The molecule has 0 aromatic heterocycles.